The molecule has 1 unspecified atom stereocenters. The van der Waals surface area contributed by atoms with Gasteiger partial charge in [-0.05, 0) is 62.4 Å². The van der Waals surface area contributed by atoms with E-state index in [1.54, 1.807) is 12.1 Å². The molecule has 190 valence electrons. The van der Waals surface area contributed by atoms with Crippen LogP contribution >= 0.6 is 0 Å². The van der Waals surface area contributed by atoms with Crippen molar-refractivity contribution in [1.82, 2.24) is 9.29 Å². The smallest absolute Gasteiger partial charge is 0.327 e. The Morgan fingerprint density at radius 1 is 1.20 bits per heavy atom. The third-order valence-corrected chi connectivity index (χ3v) is 9.39. The molecule has 1 fully saturated rings. The summed E-state index contributed by atoms with van der Waals surface area (Å²) in [5, 5.41) is 3.51. The SMILES string of the molecule is CCC1Nc2nc(C)cc(C)c2N1Cc1ccc(S(=O)(=O)N(C)C2(C(=O)OC)CCCCC2)cc1. The second-order valence-electron chi connectivity index (χ2n) is 9.67. The van der Waals surface area contributed by atoms with Gasteiger partial charge in [-0.2, -0.15) is 4.31 Å². The number of nitrogens with zero attached hydrogens (tertiary/aromatic N) is 3. The summed E-state index contributed by atoms with van der Waals surface area (Å²) in [5.74, 6) is 0.417. The number of esters is 1. The van der Waals surface area contributed by atoms with Gasteiger partial charge in [-0.25, -0.2) is 13.4 Å². The minimum atomic E-state index is -3.88. The molecule has 1 saturated carbocycles. The van der Waals surface area contributed by atoms with Gasteiger partial charge in [0.2, 0.25) is 10.0 Å². The van der Waals surface area contributed by atoms with E-state index >= 15 is 0 Å². The van der Waals surface area contributed by atoms with Crippen LogP contribution in [0.15, 0.2) is 35.2 Å². The van der Waals surface area contributed by atoms with E-state index in [4.69, 9.17) is 4.74 Å². The highest BCUT2D eigenvalue weighted by molar-refractivity contribution is 7.89. The molecule has 1 atom stereocenters. The fourth-order valence-corrected chi connectivity index (χ4v) is 7.04. The first-order chi connectivity index (χ1) is 16.6. The summed E-state index contributed by atoms with van der Waals surface area (Å²) in [6.45, 7) is 6.85. The number of aromatic nitrogens is 1. The van der Waals surface area contributed by atoms with Gasteiger partial charge in [0, 0.05) is 19.3 Å². The van der Waals surface area contributed by atoms with Crippen molar-refractivity contribution in [1.29, 1.82) is 0 Å². The molecule has 0 amide bonds. The summed E-state index contributed by atoms with van der Waals surface area (Å²) in [6.07, 6.45) is 4.56. The van der Waals surface area contributed by atoms with Crippen LogP contribution in [-0.4, -0.2) is 49.5 Å². The van der Waals surface area contributed by atoms with Gasteiger partial charge in [-0.1, -0.05) is 38.3 Å². The Morgan fingerprint density at radius 3 is 2.46 bits per heavy atom. The monoisotopic (exact) mass is 500 g/mol. The number of rotatable bonds is 7. The lowest BCUT2D eigenvalue weighted by molar-refractivity contribution is -0.153. The zero-order valence-corrected chi connectivity index (χ0v) is 22.1. The largest absolute Gasteiger partial charge is 0.468 e. The molecular formula is C26H36N4O4S. The van der Waals surface area contributed by atoms with Crippen molar-refractivity contribution in [3.8, 4) is 0 Å². The van der Waals surface area contributed by atoms with E-state index < -0.39 is 21.5 Å². The van der Waals surface area contributed by atoms with Crippen LogP contribution in [0.5, 0.6) is 0 Å². The maximum absolute atomic E-state index is 13.5. The minimum absolute atomic E-state index is 0.124. The number of likely N-dealkylation sites (N-methyl/N-ethyl adjacent to an activating group) is 1. The van der Waals surface area contributed by atoms with E-state index in [9.17, 15) is 13.2 Å². The first-order valence-electron chi connectivity index (χ1n) is 12.3. The third kappa shape index (κ3) is 4.51. The number of hydrogen-bond donors (Lipinski definition) is 1. The van der Waals surface area contributed by atoms with Gasteiger partial charge in [0.05, 0.1) is 17.7 Å². The lowest BCUT2D eigenvalue weighted by Crippen LogP contribution is -2.56. The van der Waals surface area contributed by atoms with Crippen molar-refractivity contribution in [3.05, 3.63) is 47.2 Å². The van der Waals surface area contributed by atoms with Crippen molar-refractivity contribution in [3.63, 3.8) is 0 Å². The van der Waals surface area contributed by atoms with E-state index in [1.165, 1.54) is 18.5 Å². The Morgan fingerprint density at radius 2 is 1.86 bits per heavy atom. The molecule has 0 spiro atoms. The number of carbonyl (C=O) groups excluding carboxylic acids is 1. The fraction of sp³-hybridized carbons (Fsp3) is 0.538. The number of ether oxygens (including phenoxy) is 1. The molecule has 9 heteroatoms. The van der Waals surface area contributed by atoms with Gasteiger partial charge < -0.3 is 15.0 Å². The van der Waals surface area contributed by atoms with Gasteiger partial charge in [0.1, 0.15) is 11.7 Å². The van der Waals surface area contributed by atoms with Crippen LogP contribution in [0.2, 0.25) is 0 Å². The molecule has 1 aromatic carbocycles. The van der Waals surface area contributed by atoms with E-state index in [-0.39, 0.29) is 11.1 Å². The summed E-state index contributed by atoms with van der Waals surface area (Å²) >= 11 is 0. The molecule has 2 aromatic rings. The Kier molecular flexibility index (Phi) is 7.11. The lowest BCUT2D eigenvalue weighted by Gasteiger charge is -2.40. The number of pyridine rings is 1. The Bertz CT molecular complexity index is 1190. The highest BCUT2D eigenvalue weighted by Crippen LogP contribution is 2.39. The Labute approximate surface area is 208 Å². The van der Waals surface area contributed by atoms with E-state index in [1.807, 2.05) is 19.1 Å². The maximum atomic E-state index is 13.5. The number of carbonyl (C=O) groups is 1. The van der Waals surface area contributed by atoms with Gasteiger partial charge in [-0.3, -0.25) is 4.79 Å². The number of aryl methyl sites for hydroxylation is 2. The molecule has 0 radical (unpaired) electrons. The van der Waals surface area contributed by atoms with Crippen LogP contribution in [0.4, 0.5) is 11.5 Å². The average Bonchev–Trinajstić information content (AvgIpc) is 3.20. The molecule has 1 N–H and O–H groups in total. The van der Waals surface area contributed by atoms with Crippen molar-refractivity contribution < 1.29 is 17.9 Å². The second kappa shape index (κ2) is 9.78. The van der Waals surface area contributed by atoms with Gasteiger partial charge >= 0.3 is 5.97 Å². The molecule has 8 nitrogen and oxygen atoms in total. The highest BCUT2D eigenvalue weighted by atomic mass is 32.2. The molecule has 2 aliphatic rings. The van der Waals surface area contributed by atoms with Crippen molar-refractivity contribution >= 4 is 27.5 Å². The molecule has 35 heavy (non-hydrogen) atoms. The second-order valence-corrected chi connectivity index (χ2v) is 11.6. The van der Waals surface area contributed by atoms with E-state index in [2.05, 4.69) is 35.1 Å². The summed E-state index contributed by atoms with van der Waals surface area (Å²) in [5.41, 5.74) is 3.09. The van der Waals surface area contributed by atoms with Crippen LogP contribution in [-0.2, 0) is 26.1 Å². The molecule has 0 saturated heterocycles. The molecule has 1 aliphatic carbocycles. The maximum Gasteiger partial charge on any atom is 0.327 e. The first-order valence-corrected chi connectivity index (χ1v) is 13.8. The van der Waals surface area contributed by atoms with Crippen LogP contribution in [0, 0.1) is 13.8 Å². The highest BCUT2D eigenvalue weighted by Gasteiger charge is 2.49. The number of methoxy groups -OCH3 is 1. The van der Waals surface area contributed by atoms with Gasteiger partial charge in [-0.15, -0.1) is 0 Å². The normalized spacial score (nSPS) is 19.4. The first kappa shape index (κ1) is 25.4. The quantitative estimate of drug-likeness (QED) is 0.565. The number of sulfonamides is 1. The summed E-state index contributed by atoms with van der Waals surface area (Å²) < 4.78 is 33.4. The molecular weight excluding hydrogens is 464 g/mol. The number of benzene rings is 1. The van der Waals surface area contributed by atoms with Crippen LogP contribution in [0.3, 0.4) is 0 Å². The standard InChI is InChI=1S/C26H36N4O4S/c1-6-22-28-24-23(18(2)16-19(3)27-24)30(22)17-20-10-12-21(13-11-20)35(32,33)29(4)26(25(31)34-5)14-8-7-9-15-26/h10-13,16,22H,6-9,14-15,17H2,1-5H3,(H,27,28). The molecule has 0 bridgehead atoms. The predicted octanol–water partition coefficient (Wildman–Crippen LogP) is 4.36. The van der Waals surface area contributed by atoms with Crippen molar-refractivity contribution in [2.45, 2.75) is 82.4 Å². The van der Waals surface area contributed by atoms with Gasteiger partial charge in [0.25, 0.3) is 0 Å². The third-order valence-electron chi connectivity index (χ3n) is 7.45. The summed E-state index contributed by atoms with van der Waals surface area (Å²) in [6, 6.07) is 9.07. The topological polar surface area (TPSA) is 91.8 Å². The summed E-state index contributed by atoms with van der Waals surface area (Å²) in [4.78, 5) is 19.9. The minimum Gasteiger partial charge on any atom is -0.468 e. The van der Waals surface area contributed by atoms with Crippen molar-refractivity contribution in [2.75, 3.05) is 24.4 Å². The Hall–Kier alpha value is -2.65. The number of fused-ring (bicyclic) bond motifs is 1. The van der Waals surface area contributed by atoms with Gasteiger partial charge in [0.15, 0.2) is 5.82 Å². The average molecular weight is 501 g/mol. The molecule has 2 heterocycles. The van der Waals surface area contributed by atoms with Crippen LogP contribution in [0.1, 0.15) is 62.3 Å². The van der Waals surface area contributed by atoms with E-state index in [0.29, 0.717) is 19.4 Å². The zero-order valence-electron chi connectivity index (χ0n) is 21.3. The zero-order chi connectivity index (χ0) is 25.4. The van der Waals surface area contributed by atoms with E-state index in [0.717, 1.165) is 54.0 Å². The number of anilines is 2. The predicted molar refractivity (Wildman–Crippen MR) is 137 cm³/mol. The Balaban J connectivity index is 1.59. The molecule has 1 aliphatic heterocycles. The number of nitrogens with one attached hydrogen (secondary N) is 1. The van der Waals surface area contributed by atoms with Crippen LogP contribution in [0.25, 0.3) is 0 Å². The fourth-order valence-electron chi connectivity index (χ4n) is 5.52. The lowest BCUT2D eigenvalue weighted by atomic mass is 9.82. The van der Waals surface area contributed by atoms with Crippen molar-refractivity contribution in [2.24, 2.45) is 0 Å². The number of hydrogen-bond acceptors (Lipinski definition) is 7. The van der Waals surface area contributed by atoms with Crippen LogP contribution < -0.4 is 10.2 Å². The summed E-state index contributed by atoms with van der Waals surface area (Å²) in [7, 11) is -1.05. The molecule has 1 aromatic heterocycles. The molecule has 4 rings (SSSR count).